The summed E-state index contributed by atoms with van der Waals surface area (Å²) in [4.78, 5) is 13.0. The van der Waals surface area contributed by atoms with Crippen LogP contribution in [-0.2, 0) is 11.3 Å². The molecule has 20 heavy (non-hydrogen) atoms. The molecule has 1 fully saturated rings. The number of hydrogen-bond donors (Lipinski definition) is 1. The molecule has 1 aromatic rings. The molecule has 2 unspecified atom stereocenters. The van der Waals surface area contributed by atoms with Gasteiger partial charge >= 0.3 is 6.18 Å². The minimum atomic E-state index is -4.21. The van der Waals surface area contributed by atoms with E-state index < -0.39 is 12.2 Å². The van der Waals surface area contributed by atoms with Crippen LogP contribution >= 0.6 is 0 Å². The fourth-order valence-electron chi connectivity index (χ4n) is 2.49. The van der Waals surface area contributed by atoms with Crippen molar-refractivity contribution in [3.8, 4) is 0 Å². The molecule has 0 bridgehead atoms. The Kier molecular flexibility index (Phi) is 4.32. The van der Waals surface area contributed by atoms with Crippen molar-refractivity contribution in [2.75, 3.05) is 13.6 Å². The molecular weight excluding hydrogens is 273 g/mol. The Morgan fingerprint density at radius 3 is 2.75 bits per heavy atom. The quantitative estimate of drug-likeness (QED) is 0.904. The molecule has 2 heterocycles. The van der Waals surface area contributed by atoms with Gasteiger partial charge in [0.1, 0.15) is 12.6 Å². The Morgan fingerprint density at radius 2 is 2.20 bits per heavy atom. The summed E-state index contributed by atoms with van der Waals surface area (Å²) in [6, 6.07) is 0.0405. The maximum absolute atomic E-state index is 12.7. The fourth-order valence-corrected chi connectivity index (χ4v) is 2.49. The van der Waals surface area contributed by atoms with Crippen LogP contribution in [0.25, 0.3) is 0 Å². The second kappa shape index (κ2) is 5.82. The number of rotatable bonds is 3. The summed E-state index contributed by atoms with van der Waals surface area (Å²) < 4.78 is 39.6. The van der Waals surface area contributed by atoms with Crippen LogP contribution in [0.3, 0.4) is 0 Å². The summed E-state index contributed by atoms with van der Waals surface area (Å²) in [5, 5.41) is 6.66. The molecule has 0 spiro atoms. The van der Waals surface area contributed by atoms with Crippen LogP contribution in [0.1, 0.15) is 12.8 Å². The summed E-state index contributed by atoms with van der Waals surface area (Å²) in [6.07, 6.45) is -0.646. The summed E-state index contributed by atoms with van der Waals surface area (Å²) in [6.45, 7) is 0.283. The molecule has 0 radical (unpaired) electrons. The predicted octanol–water partition coefficient (Wildman–Crippen LogP) is 1.02. The van der Waals surface area contributed by atoms with Crippen LogP contribution in [0.5, 0.6) is 0 Å². The van der Waals surface area contributed by atoms with Crippen molar-refractivity contribution in [3.05, 3.63) is 18.5 Å². The minimum Gasteiger partial charge on any atom is -0.350 e. The molecular formula is C12H17F3N4O. The van der Waals surface area contributed by atoms with Gasteiger partial charge in [-0.1, -0.05) is 0 Å². The van der Waals surface area contributed by atoms with Crippen LogP contribution < -0.4 is 5.32 Å². The second-order valence-electron chi connectivity index (χ2n) is 5.04. The average molecular weight is 290 g/mol. The lowest BCUT2D eigenvalue weighted by atomic mass is 9.98. The van der Waals surface area contributed by atoms with E-state index in [0.29, 0.717) is 6.42 Å². The van der Waals surface area contributed by atoms with E-state index in [9.17, 15) is 18.0 Å². The molecule has 2 atom stereocenters. The molecule has 2 rings (SSSR count). The number of likely N-dealkylation sites (N-methyl/N-ethyl adjacent to an activating group) is 1. The molecule has 0 saturated carbocycles. The number of nitrogens with one attached hydrogen (secondary N) is 1. The number of alkyl halides is 3. The number of hydrogen-bond acceptors (Lipinski definition) is 3. The van der Waals surface area contributed by atoms with Crippen molar-refractivity contribution in [2.24, 2.45) is 0 Å². The summed E-state index contributed by atoms with van der Waals surface area (Å²) in [5.41, 5.74) is 0. The third-order valence-electron chi connectivity index (χ3n) is 3.44. The number of halogens is 3. The van der Waals surface area contributed by atoms with Gasteiger partial charge < -0.3 is 5.32 Å². The van der Waals surface area contributed by atoms with Gasteiger partial charge in [-0.3, -0.25) is 14.4 Å². The van der Waals surface area contributed by atoms with Gasteiger partial charge in [-0.2, -0.15) is 18.3 Å². The smallest absolute Gasteiger partial charge is 0.350 e. The lowest BCUT2D eigenvalue weighted by Crippen LogP contribution is -2.55. The molecule has 0 aliphatic carbocycles. The Bertz CT molecular complexity index is 446. The molecule has 8 heteroatoms. The molecule has 1 N–H and O–H groups in total. The maximum atomic E-state index is 12.7. The van der Waals surface area contributed by atoms with E-state index in [1.165, 1.54) is 16.6 Å². The van der Waals surface area contributed by atoms with Gasteiger partial charge in [0, 0.05) is 25.0 Å². The first-order valence-electron chi connectivity index (χ1n) is 6.40. The van der Waals surface area contributed by atoms with Gasteiger partial charge in [-0.05, 0) is 26.0 Å². The van der Waals surface area contributed by atoms with Crippen molar-refractivity contribution < 1.29 is 18.0 Å². The number of carbonyl (C=O) groups excluding carboxylic acids is 1. The monoisotopic (exact) mass is 290 g/mol. The van der Waals surface area contributed by atoms with Gasteiger partial charge in [0.05, 0.1) is 0 Å². The molecule has 0 aromatic carbocycles. The fraction of sp³-hybridized carbons (Fsp3) is 0.667. The van der Waals surface area contributed by atoms with E-state index in [4.69, 9.17) is 0 Å². The number of piperidine rings is 1. The van der Waals surface area contributed by atoms with Gasteiger partial charge in [0.25, 0.3) is 0 Å². The second-order valence-corrected chi connectivity index (χ2v) is 5.04. The lowest BCUT2D eigenvalue weighted by Gasteiger charge is -2.38. The van der Waals surface area contributed by atoms with Crippen molar-refractivity contribution in [2.45, 2.75) is 37.6 Å². The van der Waals surface area contributed by atoms with Gasteiger partial charge in [0.15, 0.2) is 0 Å². The third-order valence-corrected chi connectivity index (χ3v) is 3.44. The number of likely N-dealkylation sites (tertiary alicyclic amines) is 1. The Balaban J connectivity index is 1.82. The molecule has 112 valence electrons. The first-order chi connectivity index (χ1) is 9.36. The summed E-state index contributed by atoms with van der Waals surface area (Å²) >= 11 is 0. The zero-order chi connectivity index (χ0) is 14.8. The SMILES string of the molecule is CN1CC(NC(=O)Cn2cccn2)CCC1C(F)(F)F. The Labute approximate surface area is 114 Å². The van der Waals surface area contributed by atoms with E-state index >= 15 is 0 Å². The normalized spacial score (nSPS) is 24.6. The van der Waals surface area contributed by atoms with E-state index in [2.05, 4.69) is 10.4 Å². The van der Waals surface area contributed by atoms with E-state index in [1.807, 2.05) is 0 Å². The highest BCUT2D eigenvalue weighted by Crippen LogP contribution is 2.30. The number of nitrogens with zero attached hydrogens (tertiary/aromatic N) is 3. The average Bonchev–Trinajstić information content (AvgIpc) is 2.79. The zero-order valence-electron chi connectivity index (χ0n) is 11.1. The van der Waals surface area contributed by atoms with Crippen molar-refractivity contribution in [3.63, 3.8) is 0 Å². The van der Waals surface area contributed by atoms with Gasteiger partial charge in [0.2, 0.25) is 5.91 Å². The molecule has 1 aromatic heterocycles. The molecule has 1 amide bonds. The largest absolute Gasteiger partial charge is 0.404 e. The first kappa shape index (κ1) is 14.8. The number of carbonyl (C=O) groups is 1. The van der Waals surface area contributed by atoms with Crippen molar-refractivity contribution >= 4 is 5.91 Å². The highest BCUT2D eigenvalue weighted by molar-refractivity contribution is 5.75. The predicted molar refractivity (Wildman–Crippen MR) is 65.9 cm³/mol. The summed E-state index contributed by atoms with van der Waals surface area (Å²) in [7, 11) is 1.43. The van der Waals surface area contributed by atoms with Crippen LogP contribution in [0, 0.1) is 0 Å². The Morgan fingerprint density at radius 1 is 1.45 bits per heavy atom. The lowest BCUT2D eigenvalue weighted by molar-refractivity contribution is -0.188. The Hall–Kier alpha value is -1.57. The van der Waals surface area contributed by atoms with E-state index in [-0.39, 0.29) is 31.5 Å². The van der Waals surface area contributed by atoms with Crippen LogP contribution in [0.2, 0.25) is 0 Å². The molecule has 1 aliphatic rings. The van der Waals surface area contributed by atoms with E-state index in [1.54, 1.807) is 18.5 Å². The van der Waals surface area contributed by atoms with Crippen LogP contribution in [0.4, 0.5) is 13.2 Å². The first-order valence-corrected chi connectivity index (χ1v) is 6.40. The third kappa shape index (κ3) is 3.72. The highest BCUT2D eigenvalue weighted by atomic mass is 19.4. The number of amides is 1. The van der Waals surface area contributed by atoms with Gasteiger partial charge in [-0.15, -0.1) is 0 Å². The standard InChI is InChI=1S/C12H17F3N4O/c1-18-7-9(3-4-10(18)12(13,14)15)17-11(20)8-19-6-2-5-16-19/h2,5-6,9-10H,3-4,7-8H2,1H3,(H,17,20). The van der Waals surface area contributed by atoms with Crippen molar-refractivity contribution in [1.29, 1.82) is 0 Å². The topological polar surface area (TPSA) is 50.2 Å². The van der Waals surface area contributed by atoms with Gasteiger partial charge in [-0.25, -0.2) is 0 Å². The molecule has 1 saturated heterocycles. The molecule has 5 nitrogen and oxygen atoms in total. The highest BCUT2D eigenvalue weighted by Gasteiger charge is 2.44. The number of aromatic nitrogens is 2. The van der Waals surface area contributed by atoms with Crippen LogP contribution in [-0.4, -0.2) is 52.4 Å². The van der Waals surface area contributed by atoms with Crippen LogP contribution in [0.15, 0.2) is 18.5 Å². The minimum absolute atomic E-state index is 0.00666. The molecule has 1 aliphatic heterocycles. The zero-order valence-corrected chi connectivity index (χ0v) is 11.1. The van der Waals surface area contributed by atoms with E-state index in [0.717, 1.165) is 0 Å². The summed E-state index contributed by atoms with van der Waals surface area (Å²) in [5.74, 6) is -0.238. The van der Waals surface area contributed by atoms with Crippen molar-refractivity contribution in [1.82, 2.24) is 20.0 Å². The maximum Gasteiger partial charge on any atom is 0.404 e.